The van der Waals surface area contributed by atoms with E-state index < -0.39 is 0 Å². The van der Waals surface area contributed by atoms with Crippen LogP contribution in [0.15, 0.2) is 53.8 Å². The van der Waals surface area contributed by atoms with Gasteiger partial charge in [0.15, 0.2) is 10.8 Å². The van der Waals surface area contributed by atoms with E-state index in [0.29, 0.717) is 22.5 Å². The average molecular weight is 333 g/mol. The third-order valence-electron chi connectivity index (χ3n) is 3.02. The maximum atomic E-state index is 11.9. The van der Waals surface area contributed by atoms with Crippen molar-refractivity contribution >= 4 is 34.9 Å². The van der Waals surface area contributed by atoms with Crippen LogP contribution in [-0.2, 0) is 11.3 Å². The third-order valence-corrected chi connectivity index (χ3v) is 4.21. The normalized spacial score (nSPS) is 10.8. The van der Waals surface area contributed by atoms with Crippen molar-refractivity contribution in [2.75, 3.05) is 5.75 Å². The van der Waals surface area contributed by atoms with Crippen molar-refractivity contribution < 1.29 is 4.79 Å². The quantitative estimate of drug-likeness (QED) is 0.730. The van der Waals surface area contributed by atoms with Gasteiger partial charge in [-0.05, 0) is 29.8 Å². The fourth-order valence-corrected chi connectivity index (χ4v) is 2.78. The molecule has 0 spiro atoms. The van der Waals surface area contributed by atoms with Crippen LogP contribution in [0.4, 0.5) is 0 Å². The largest absolute Gasteiger partial charge is 0.351 e. The summed E-state index contributed by atoms with van der Waals surface area (Å²) in [5, 5.41) is 12.4. The predicted molar refractivity (Wildman–Crippen MR) is 87.0 cm³/mol. The topological polar surface area (TPSA) is 59.3 Å². The van der Waals surface area contributed by atoms with Gasteiger partial charge in [-0.2, -0.15) is 0 Å². The Balaban J connectivity index is 1.53. The molecule has 0 saturated heterocycles. The van der Waals surface area contributed by atoms with Crippen LogP contribution >= 0.6 is 23.4 Å². The van der Waals surface area contributed by atoms with Gasteiger partial charge in [-0.3, -0.25) is 9.20 Å². The maximum Gasteiger partial charge on any atom is 0.230 e. The van der Waals surface area contributed by atoms with E-state index in [1.165, 1.54) is 11.8 Å². The summed E-state index contributed by atoms with van der Waals surface area (Å²) in [7, 11) is 0. The standard InChI is InChI=1S/C15H13ClN4OS/c16-12-6-4-11(5-7-12)9-17-14(21)10-22-15-19-18-13-3-1-2-8-20(13)15/h1-8H,9-10H2,(H,17,21). The smallest absolute Gasteiger partial charge is 0.230 e. The Labute approximate surface area is 136 Å². The van der Waals surface area contributed by atoms with E-state index in [1.54, 1.807) is 12.1 Å². The summed E-state index contributed by atoms with van der Waals surface area (Å²) in [6, 6.07) is 13.1. The molecule has 0 saturated carbocycles. The molecule has 0 aliphatic heterocycles. The van der Waals surface area contributed by atoms with Gasteiger partial charge in [-0.1, -0.05) is 41.6 Å². The van der Waals surface area contributed by atoms with E-state index in [0.717, 1.165) is 11.2 Å². The van der Waals surface area contributed by atoms with Crippen LogP contribution in [0.25, 0.3) is 5.65 Å². The lowest BCUT2D eigenvalue weighted by molar-refractivity contribution is -0.118. The summed E-state index contributed by atoms with van der Waals surface area (Å²) in [5.74, 6) is 0.246. The maximum absolute atomic E-state index is 11.9. The van der Waals surface area contributed by atoms with Crippen LogP contribution in [0.2, 0.25) is 5.02 Å². The number of hydrogen-bond donors (Lipinski definition) is 1. The number of fused-ring (bicyclic) bond motifs is 1. The van der Waals surface area contributed by atoms with Gasteiger partial charge >= 0.3 is 0 Å². The lowest BCUT2D eigenvalue weighted by atomic mass is 10.2. The lowest BCUT2D eigenvalue weighted by Gasteiger charge is -2.05. The van der Waals surface area contributed by atoms with Crippen molar-refractivity contribution in [3.05, 3.63) is 59.2 Å². The number of amides is 1. The molecule has 0 aliphatic carbocycles. The SMILES string of the molecule is O=C(CSc1nnc2ccccn12)NCc1ccc(Cl)cc1. The molecule has 0 radical (unpaired) electrons. The molecule has 22 heavy (non-hydrogen) atoms. The number of thioether (sulfide) groups is 1. The summed E-state index contributed by atoms with van der Waals surface area (Å²) >= 11 is 7.18. The van der Waals surface area contributed by atoms with Gasteiger partial charge in [-0.25, -0.2) is 0 Å². The van der Waals surface area contributed by atoms with Crippen molar-refractivity contribution in [3.63, 3.8) is 0 Å². The number of carbonyl (C=O) groups excluding carboxylic acids is 1. The number of halogens is 1. The summed E-state index contributed by atoms with van der Waals surface area (Å²) < 4.78 is 1.86. The molecule has 3 rings (SSSR count). The number of rotatable bonds is 5. The molecule has 1 aromatic carbocycles. The number of aromatic nitrogens is 3. The highest BCUT2D eigenvalue weighted by Crippen LogP contribution is 2.16. The molecular formula is C15H13ClN4OS. The zero-order valence-electron chi connectivity index (χ0n) is 11.6. The highest BCUT2D eigenvalue weighted by molar-refractivity contribution is 7.99. The molecule has 2 aromatic heterocycles. The second-order valence-electron chi connectivity index (χ2n) is 4.60. The summed E-state index contributed by atoms with van der Waals surface area (Å²) in [5.41, 5.74) is 1.78. The van der Waals surface area contributed by atoms with E-state index in [4.69, 9.17) is 11.6 Å². The molecule has 0 bridgehead atoms. The van der Waals surface area contributed by atoms with Crippen LogP contribution in [0.3, 0.4) is 0 Å². The van der Waals surface area contributed by atoms with Gasteiger partial charge in [0.2, 0.25) is 5.91 Å². The highest BCUT2D eigenvalue weighted by atomic mass is 35.5. The Morgan fingerprint density at radius 1 is 1.18 bits per heavy atom. The molecule has 1 N–H and O–H groups in total. The Morgan fingerprint density at radius 2 is 2.00 bits per heavy atom. The second-order valence-corrected chi connectivity index (χ2v) is 5.98. The molecule has 3 aromatic rings. The van der Waals surface area contributed by atoms with E-state index in [-0.39, 0.29) is 5.91 Å². The molecule has 1 amide bonds. The zero-order chi connectivity index (χ0) is 15.4. The first-order valence-corrected chi connectivity index (χ1v) is 8.02. The average Bonchev–Trinajstić information content (AvgIpc) is 2.96. The molecule has 0 aliphatic rings. The van der Waals surface area contributed by atoms with Crippen LogP contribution in [0.1, 0.15) is 5.56 Å². The molecular weight excluding hydrogens is 320 g/mol. The van der Waals surface area contributed by atoms with Crippen molar-refractivity contribution in [3.8, 4) is 0 Å². The first kappa shape index (κ1) is 14.9. The molecule has 112 valence electrons. The van der Waals surface area contributed by atoms with Crippen LogP contribution in [0, 0.1) is 0 Å². The van der Waals surface area contributed by atoms with Crippen LogP contribution < -0.4 is 5.32 Å². The van der Waals surface area contributed by atoms with Crippen molar-refractivity contribution in [2.24, 2.45) is 0 Å². The van der Waals surface area contributed by atoms with Gasteiger partial charge in [0, 0.05) is 17.8 Å². The fourth-order valence-electron chi connectivity index (χ4n) is 1.90. The predicted octanol–water partition coefficient (Wildman–Crippen LogP) is 2.79. The number of carbonyl (C=O) groups is 1. The molecule has 0 unspecified atom stereocenters. The Kier molecular flexibility index (Phi) is 4.60. The van der Waals surface area contributed by atoms with Crippen molar-refractivity contribution in [1.29, 1.82) is 0 Å². The highest BCUT2D eigenvalue weighted by Gasteiger charge is 2.08. The van der Waals surface area contributed by atoms with Crippen molar-refractivity contribution in [2.45, 2.75) is 11.7 Å². The fraction of sp³-hybridized carbons (Fsp3) is 0.133. The molecule has 0 fully saturated rings. The van der Waals surface area contributed by atoms with E-state index in [9.17, 15) is 4.79 Å². The summed E-state index contributed by atoms with van der Waals surface area (Å²) in [4.78, 5) is 11.9. The number of nitrogens with zero attached hydrogens (tertiary/aromatic N) is 3. The Hall–Kier alpha value is -2.05. The first-order valence-electron chi connectivity index (χ1n) is 6.66. The molecule has 5 nitrogen and oxygen atoms in total. The van der Waals surface area contributed by atoms with E-state index in [2.05, 4.69) is 15.5 Å². The first-order chi connectivity index (χ1) is 10.7. The Morgan fingerprint density at radius 3 is 2.82 bits per heavy atom. The zero-order valence-corrected chi connectivity index (χ0v) is 13.1. The molecule has 2 heterocycles. The minimum atomic E-state index is -0.0485. The van der Waals surface area contributed by atoms with E-state index in [1.807, 2.05) is 40.9 Å². The van der Waals surface area contributed by atoms with E-state index >= 15 is 0 Å². The summed E-state index contributed by atoms with van der Waals surface area (Å²) in [6.07, 6.45) is 1.88. The monoisotopic (exact) mass is 332 g/mol. The third kappa shape index (κ3) is 3.58. The van der Waals surface area contributed by atoms with Gasteiger partial charge in [0.05, 0.1) is 5.75 Å². The number of hydrogen-bond acceptors (Lipinski definition) is 4. The number of pyridine rings is 1. The summed E-state index contributed by atoms with van der Waals surface area (Å²) in [6.45, 7) is 0.483. The molecule has 7 heteroatoms. The minimum Gasteiger partial charge on any atom is -0.351 e. The van der Waals surface area contributed by atoms with Gasteiger partial charge < -0.3 is 5.32 Å². The van der Waals surface area contributed by atoms with Crippen LogP contribution in [0.5, 0.6) is 0 Å². The van der Waals surface area contributed by atoms with Gasteiger partial charge in [0.1, 0.15) is 0 Å². The molecule has 0 atom stereocenters. The lowest BCUT2D eigenvalue weighted by Crippen LogP contribution is -2.24. The van der Waals surface area contributed by atoms with Crippen LogP contribution in [-0.4, -0.2) is 26.3 Å². The van der Waals surface area contributed by atoms with Crippen molar-refractivity contribution in [1.82, 2.24) is 19.9 Å². The Bertz CT molecular complexity index is 788. The van der Waals surface area contributed by atoms with Gasteiger partial charge in [-0.15, -0.1) is 10.2 Å². The van der Waals surface area contributed by atoms with Gasteiger partial charge in [0.25, 0.3) is 0 Å². The minimum absolute atomic E-state index is 0.0485. The number of nitrogens with one attached hydrogen (secondary N) is 1. The second kappa shape index (κ2) is 6.81. The number of benzene rings is 1.